The lowest BCUT2D eigenvalue weighted by molar-refractivity contribution is 0.677. The van der Waals surface area contributed by atoms with Crippen LogP contribution in [0.2, 0.25) is 0 Å². The molecule has 3 aromatic rings. The first-order valence-electron chi connectivity index (χ1n) is 7.85. The summed E-state index contributed by atoms with van der Waals surface area (Å²) in [5.41, 5.74) is 3.76. The predicted octanol–water partition coefficient (Wildman–Crippen LogP) is 2.86. The molecule has 24 heavy (non-hydrogen) atoms. The van der Waals surface area contributed by atoms with Crippen LogP contribution in [0, 0.1) is 0 Å². The molecule has 1 aromatic carbocycles. The van der Waals surface area contributed by atoms with Crippen molar-refractivity contribution in [1.29, 1.82) is 0 Å². The number of thiophene rings is 1. The number of aliphatic imine (C=N–C) groups is 1. The lowest BCUT2D eigenvalue weighted by Gasteiger charge is -2.14. The van der Waals surface area contributed by atoms with Crippen molar-refractivity contribution in [3.63, 3.8) is 0 Å². The van der Waals surface area contributed by atoms with E-state index in [2.05, 4.69) is 61.8 Å². The van der Waals surface area contributed by atoms with Crippen LogP contribution in [0.25, 0.3) is 0 Å². The Morgan fingerprint density at radius 3 is 2.67 bits per heavy atom. The Balaban J connectivity index is 1.59. The summed E-state index contributed by atoms with van der Waals surface area (Å²) in [6, 6.07) is 12.5. The van der Waals surface area contributed by atoms with E-state index >= 15 is 0 Å². The van der Waals surface area contributed by atoms with E-state index in [-0.39, 0.29) is 0 Å². The van der Waals surface area contributed by atoms with E-state index in [9.17, 15) is 0 Å². The number of aromatic nitrogens is 2. The molecule has 0 aliphatic rings. The molecular weight excluding hydrogens is 318 g/mol. The Labute approximate surface area is 146 Å². The van der Waals surface area contributed by atoms with Gasteiger partial charge in [-0.1, -0.05) is 24.3 Å². The Morgan fingerprint density at radius 2 is 1.96 bits per heavy atom. The Bertz CT molecular complexity index is 763. The molecule has 6 heteroatoms. The average Bonchev–Trinajstić information content (AvgIpc) is 3.30. The van der Waals surface area contributed by atoms with Gasteiger partial charge in [-0.25, -0.2) is 0 Å². The van der Waals surface area contributed by atoms with Gasteiger partial charge in [0.25, 0.3) is 0 Å². The molecule has 2 N–H and O–H groups in total. The molecular formula is C18H21N5S. The highest BCUT2D eigenvalue weighted by atomic mass is 32.1. The highest BCUT2D eigenvalue weighted by Gasteiger charge is 2.05. The molecule has 0 spiro atoms. The van der Waals surface area contributed by atoms with Gasteiger partial charge in [0.1, 0.15) is 0 Å². The summed E-state index contributed by atoms with van der Waals surface area (Å²) in [5.74, 6) is 0.801. The second-order valence-electron chi connectivity index (χ2n) is 5.38. The third-order valence-corrected chi connectivity index (χ3v) is 4.45. The molecule has 0 saturated heterocycles. The van der Waals surface area contributed by atoms with Gasteiger partial charge in [0.15, 0.2) is 5.96 Å². The molecule has 0 unspecified atom stereocenters. The molecule has 2 aromatic heterocycles. The van der Waals surface area contributed by atoms with Crippen LogP contribution in [0.5, 0.6) is 0 Å². The van der Waals surface area contributed by atoms with Gasteiger partial charge in [-0.2, -0.15) is 16.4 Å². The summed E-state index contributed by atoms with van der Waals surface area (Å²) in [6.45, 7) is 2.27. The van der Waals surface area contributed by atoms with Crippen molar-refractivity contribution in [2.75, 3.05) is 7.05 Å². The monoisotopic (exact) mass is 339 g/mol. The molecule has 0 aliphatic carbocycles. The Morgan fingerprint density at radius 1 is 1.12 bits per heavy atom. The smallest absolute Gasteiger partial charge is 0.191 e. The molecule has 3 rings (SSSR count). The summed E-state index contributed by atoms with van der Waals surface area (Å²) in [7, 11) is 1.79. The molecule has 0 bridgehead atoms. The molecule has 2 heterocycles. The highest BCUT2D eigenvalue weighted by Crippen LogP contribution is 2.10. The molecule has 0 saturated carbocycles. The zero-order valence-corrected chi connectivity index (χ0v) is 14.5. The van der Waals surface area contributed by atoms with Gasteiger partial charge in [0, 0.05) is 32.5 Å². The molecule has 0 amide bonds. The van der Waals surface area contributed by atoms with Crippen LogP contribution < -0.4 is 10.6 Å². The maximum Gasteiger partial charge on any atom is 0.191 e. The zero-order valence-electron chi connectivity index (χ0n) is 13.6. The SMILES string of the molecule is CN=C(NCc1ccsc1)NCc1ccccc1Cn1cccn1. The quantitative estimate of drug-likeness (QED) is 0.536. The molecule has 0 fully saturated rings. The largest absolute Gasteiger partial charge is 0.352 e. The molecule has 0 aliphatic heterocycles. The molecule has 124 valence electrons. The number of benzene rings is 1. The summed E-state index contributed by atoms with van der Waals surface area (Å²) in [6.07, 6.45) is 3.78. The van der Waals surface area contributed by atoms with Crippen LogP contribution in [0.4, 0.5) is 0 Å². The van der Waals surface area contributed by atoms with Crippen molar-refractivity contribution in [2.45, 2.75) is 19.6 Å². The van der Waals surface area contributed by atoms with Gasteiger partial charge in [-0.3, -0.25) is 9.67 Å². The van der Waals surface area contributed by atoms with Crippen molar-refractivity contribution < 1.29 is 0 Å². The third kappa shape index (κ3) is 4.45. The van der Waals surface area contributed by atoms with Crippen LogP contribution >= 0.6 is 11.3 Å². The highest BCUT2D eigenvalue weighted by molar-refractivity contribution is 7.07. The fourth-order valence-electron chi connectivity index (χ4n) is 2.43. The zero-order chi connectivity index (χ0) is 16.6. The van der Waals surface area contributed by atoms with Gasteiger partial charge >= 0.3 is 0 Å². The minimum Gasteiger partial charge on any atom is -0.352 e. The number of guanidine groups is 1. The van der Waals surface area contributed by atoms with Crippen molar-refractivity contribution in [3.05, 3.63) is 76.2 Å². The lowest BCUT2D eigenvalue weighted by atomic mass is 10.1. The van der Waals surface area contributed by atoms with Crippen LogP contribution in [0.3, 0.4) is 0 Å². The number of nitrogens with one attached hydrogen (secondary N) is 2. The number of hydrogen-bond acceptors (Lipinski definition) is 3. The van der Waals surface area contributed by atoms with Gasteiger partial charge in [0.2, 0.25) is 0 Å². The summed E-state index contributed by atoms with van der Waals surface area (Å²) in [4.78, 5) is 4.29. The standard InChI is InChI=1S/C18H21N5S/c1-19-18(20-11-15-7-10-24-14-15)21-12-16-5-2-3-6-17(16)13-23-9-4-8-22-23/h2-10,14H,11-13H2,1H3,(H2,19,20,21). The van der Waals surface area contributed by atoms with E-state index in [1.54, 1.807) is 24.6 Å². The summed E-state index contributed by atoms with van der Waals surface area (Å²) in [5, 5.41) is 15.2. The first-order chi connectivity index (χ1) is 11.8. The number of hydrogen-bond donors (Lipinski definition) is 2. The van der Waals surface area contributed by atoms with Crippen molar-refractivity contribution >= 4 is 17.3 Å². The van der Waals surface area contributed by atoms with E-state index in [1.807, 2.05) is 16.9 Å². The van der Waals surface area contributed by atoms with Crippen LogP contribution in [-0.2, 0) is 19.6 Å². The lowest BCUT2D eigenvalue weighted by Crippen LogP contribution is -2.36. The van der Waals surface area contributed by atoms with Crippen LogP contribution in [0.1, 0.15) is 16.7 Å². The molecule has 5 nitrogen and oxygen atoms in total. The predicted molar refractivity (Wildman–Crippen MR) is 99.1 cm³/mol. The fraction of sp³-hybridized carbons (Fsp3) is 0.222. The minimum absolute atomic E-state index is 0.723. The van der Waals surface area contributed by atoms with Crippen LogP contribution in [-0.4, -0.2) is 22.8 Å². The molecule has 0 radical (unpaired) electrons. The maximum atomic E-state index is 4.29. The molecule has 0 atom stereocenters. The van der Waals surface area contributed by atoms with E-state index in [0.29, 0.717) is 0 Å². The normalized spacial score (nSPS) is 11.5. The van der Waals surface area contributed by atoms with Crippen molar-refractivity contribution in [1.82, 2.24) is 20.4 Å². The van der Waals surface area contributed by atoms with Gasteiger partial charge in [0.05, 0.1) is 6.54 Å². The number of rotatable bonds is 6. The van der Waals surface area contributed by atoms with Gasteiger partial charge in [-0.15, -0.1) is 0 Å². The topological polar surface area (TPSA) is 54.2 Å². The van der Waals surface area contributed by atoms with Gasteiger partial charge in [-0.05, 0) is 39.6 Å². The van der Waals surface area contributed by atoms with E-state index in [4.69, 9.17) is 0 Å². The van der Waals surface area contributed by atoms with E-state index in [1.165, 1.54) is 16.7 Å². The van der Waals surface area contributed by atoms with Gasteiger partial charge < -0.3 is 10.6 Å². The minimum atomic E-state index is 0.723. The first kappa shape index (κ1) is 16.3. The van der Waals surface area contributed by atoms with E-state index in [0.717, 1.165) is 25.6 Å². The third-order valence-electron chi connectivity index (χ3n) is 3.72. The van der Waals surface area contributed by atoms with Crippen molar-refractivity contribution in [3.8, 4) is 0 Å². The number of nitrogens with zero attached hydrogens (tertiary/aromatic N) is 3. The second-order valence-corrected chi connectivity index (χ2v) is 6.16. The first-order valence-corrected chi connectivity index (χ1v) is 8.79. The summed E-state index contributed by atoms with van der Waals surface area (Å²) >= 11 is 1.70. The summed E-state index contributed by atoms with van der Waals surface area (Å²) < 4.78 is 1.93. The average molecular weight is 339 g/mol. The Kier molecular flexibility index (Phi) is 5.63. The van der Waals surface area contributed by atoms with Crippen molar-refractivity contribution in [2.24, 2.45) is 4.99 Å². The van der Waals surface area contributed by atoms with E-state index < -0.39 is 0 Å². The maximum absolute atomic E-state index is 4.29. The van der Waals surface area contributed by atoms with Crippen LogP contribution in [0.15, 0.2) is 64.5 Å². The fourth-order valence-corrected chi connectivity index (χ4v) is 3.10. The Hall–Kier alpha value is -2.60. The second kappa shape index (κ2) is 8.31.